The largest absolute Gasteiger partial charge is 0.459 e. The smallest absolute Gasteiger partial charge is 0.323 e. The first-order valence-electron chi connectivity index (χ1n) is 8.81. The van der Waals surface area contributed by atoms with Crippen LogP contribution in [0.5, 0.6) is 0 Å². The van der Waals surface area contributed by atoms with Gasteiger partial charge in [0.05, 0.1) is 0 Å². The quantitative estimate of drug-likeness (QED) is 0.749. The summed E-state index contributed by atoms with van der Waals surface area (Å²) in [5, 5.41) is 0. The number of rotatable bonds is 6. The molecule has 0 amide bonds. The first kappa shape index (κ1) is 22.1. The van der Waals surface area contributed by atoms with Crippen LogP contribution in [0.1, 0.15) is 52.7 Å². The van der Waals surface area contributed by atoms with Crippen LogP contribution in [0.25, 0.3) is 0 Å². The minimum Gasteiger partial charge on any atom is -0.459 e. The molecule has 0 fully saturated rings. The second-order valence-electron chi connectivity index (χ2n) is 8.51. The van der Waals surface area contributed by atoms with E-state index < -0.39 is 35.2 Å². The minimum absolute atomic E-state index is 0.352. The summed E-state index contributed by atoms with van der Waals surface area (Å²) in [4.78, 5) is 24.0. The topological polar surface area (TPSA) is 105 Å². The van der Waals surface area contributed by atoms with E-state index in [-0.39, 0.29) is 0 Å². The lowest BCUT2D eigenvalue weighted by atomic mass is 10.00. The van der Waals surface area contributed by atoms with Crippen LogP contribution >= 0.6 is 0 Å². The monoisotopic (exact) mass is 364 g/mol. The zero-order valence-electron chi connectivity index (χ0n) is 16.7. The highest BCUT2D eigenvalue weighted by atomic mass is 16.6. The molecule has 6 heteroatoms. The predicted octanol–water partition coefficient (Wildman–Crippen LogP) is 2.11. The Bertz CT molecular complexity index is 578. The molecule has 0 radical (unpaired) electrons. The molecule has 0 saturated heterocycles. The van der Waals surface area contributed by atoms with Crippen molar-refractivity contribution in [2.24, 2.45) is 11.5 Å². The van der Waals surface area contributed by atoms with E-state index in [1.807, 2.05) is 24.3 Å². The highest BCUT2D eigenvalue weighted by Crippen LogP contribution is 2.14. The molecule has 0 bridgehead atoms. The van der Waals surface area contributed by atoms with Gasteiger partial charge in [-0.2, -0.15) is 0 Å². The molecule has 0 unspecified atom stereocenters. The summed E-state index contributed by atoms with van der Waals surface area (Å²) in [5.41, 5.74) is 12.5. The Balaban J connectivity index is 2.70. The Morgan fingerprint density at radius 1 is 0.846 bits per heavy atom. The summed E-state index contributed by atoms with van der Waals surface area (Å²) in [6.45, 7) is 10.8. The number of benzene rings is 1. The first-order chi connectivity index (χ1) is 11.8. The van der Waals surface area contributed by atoms with Crippen LogP contribution in [0.15, 0.2) is 24.3 Å². The van der Waals surface area contributed by atoms with Gasteiger partial charge in [0.15, 0.2) is 0 Å². The van der Waals surface area contributed by atoms with Crippen molar-refractivity contribution in [3.05, 3.63) is 35.4 Å². The van der Waals surface area contributed by atoms with E-state index in [2.05, 4.69) is 0 Å². The molecule has 1 aromatic carbocycles. The maximum atomic E-state index is 12.0. The second kappa shape index (κ2) is 8.64. The van der Waals surface area contributed by atoms with Gasteiger partial charge in [-0.25, -0.2) is 0 Å². The molecule has 0 heterocycles. The van der Waals surface area contributed by atoms with Crippen molar-refractivity contribution in [1.82, 2.24) is 0 Å². The van der Waals surface area contributed by atoms with E-state index in [0.717, 1.165) is 11.1 Å². The fraction of sp³-hybridized carbons (Fsp3) is 0.600. The summed E-state index contributed by atoms with van der Waals surface area (Å²) in [6.07, 6.45) is 0.703. The average Bonchev–Trinajstić information content (AvgIpc) is 2.43. The van der Waals surface area contributed by atoms with Crippen molar-refractivity contribution in [3.63, 3.8) is 0 Å². The zero-order chi connectivity index (χ0) is 20.1. The van der Waals surface area contributed by atoms with E-state index in [1.54, 1.807) is 41.5 Å². The Labute approximate surface area is 156 Å². The van der Waals surface area contributed by atoms with Crippen LogP contribution in [-0.4, -0.2) is 35.2 Å². The van der Waals surface area contributed by atoms with Crippen LogP contribution in [-0.2, 0) is 31.9 Å². The maximum Gasteiger partial charge on any atom is 0.323 e. The van der Waals surface area contributed by atoms with Crippen LogP contribution in [0.3, 0.4) is 0 Å². The molecule has 0 aliphatic heterocycles. The van der Waals surface area contributed by atoms with Gasteiger partial charge in [0.1, 0.15) is 23.3 Å². The molecular weight excluding hydrogens is 332 g/mol. The summed E-state index contributed by atoms with van der Waals surface area (Å²) in [7, 11) is 0. The van der Waals surface area contributed by atoms with E-state index in [9.17, 15) is 9.59 Å². The Morgan fingerprint density at radius 2 is 1.19 bits per heavy atom. The van der Waals surface area contributed by atoms with Crippen LogP contribution in [0.4, 0.5) is 0 Å². The lowest BCUT2D eigenvalue weighted by molar-refractivity contribution is -0.157. The summed E-state index contributed by atoms with van der Waals surface area (Å²) in [5.74, 6) is -0.873. The van der Waals surface area contributed by atoms with E-state index in [0.29, 0.717) is 12.8 Å². The Morgan fingerprint density at radius 3 is 1.50 bits per heavy atom. The average molecular weight is 364 g/mol. The van der Waals surface area contributed by atoms with E-state index >= 15 is 0 Å². The standard InChI is InChI=1S/C20H32N2O4/c1-19(2,3)25-17(23)15(21)11-13-8-7-9-14(10-13)12-16(22)18(24)26-20(4,5)6/h7-10,15-16H,11-12,21-22H2,1-6H3/t15-,16-/m0/s1. The molecule has 26 heavy (non-hydrogen) atoms. The minimum atomic E-state index is -0.746. The zero-order valence-corrected chi connectivity index (χ0v) is 16.7. The second-order valence-corrected chi connectivity index (χ2v) is 8.51. The van der Waals surface area contributed by atoms with Gasteiger partial charge in [0.2, 0.25) is 0 Å². The van der Waals surface area contributed by atoms with Gasteiger partial charge in [-0.1, -0.05) is 24.3 Å². The van der Waals surface area contributed by atoms with Gasteiger partial charge in [0.25, 0.3) is 0 Å². The van der Waals surface area contributed by atoms with Crippen molar-refractivity contribution in [2.45, 2.75) is 77.7 Å². The van der Waals surface area contributed by atoms with Crippen molar-refractivity contribution in [1.29, 1.82) is 0 Å². The normalized spacial score (nSPS) is 14.5. The summed E-state index contributed by atoms with van der Waals surface area (Å²) < 4.78 is 10.6. The van der Waals surface area contributed by atoms with E-state index in [4.69, 9.17) is 20.9 Å². The SMILES string of the molecule is CC(C)(C)OC(=O)[C@@H](N)Cc1cccc(C[C@H](N)C(=O)OC(C)(C)C)c1. The fourth-order valence-electron chi connectivity index (χ4n) is 2.31. The lowest BCUT2D eigenvalue weighted by Gasteiger charge is -2.23. The van der Waals surface area contributed by atoms with Crippen molar-refractivity contribution < 1.29 is 19.1 Å². The van der Waals surface area contributed by atoms with Gasteiger partial charge in [-0.05, 0) is 65.5 Å². The number of esters is 2. The summed E-state index contributed by atoms with van der Waals surface area (Å²) in [6, 6.07) is 6.02. The number of carbonyl (C=O) groups excluding carboxylic acids is 2. The van der Waals surface area contributed by atoms with Crippen molar-refractivity contribution in [2.75, 3.05) is 0 Å². The third kappa shape index (κ3) is 8.45. The molecule has 1 aromatic rings. The van der Waals surface area contributed by atoms with Crippen molar-refractivity contribution >= 4 is 11.9 Å². The fourth-order valence-corrected chi connectivity index (χ4v) is 2.31. The van der Waals surface area contributed by atoms with Crippen molar-refractivity contribution in [3.8, 4) is 0 Å². The molecular formula is C20H32N2O4. The van der Waals surface area contributed by atoms with Gasteiger partial charge in [0, 0.05) is 0 Å². The number of carbonyl (C=O) groups is 2. The molecule has 0 spiro atoms. The molecule has 0 aliphatic carbocycles. The lowest BCUT2D eigenvalue weighted by Crippen LogP contribution is -2.39. The predicted molar refractivity (Wildman–Crippen MR) is 101 cm³/mol. The van der Waals surface area contributed by atoms with E-state index in [1.165, 1.54) is 0 Å². The molecule has 4 N–H and O–H groups in total. The number of hydrogen-bond acceptors (Lipinski definition) is 6. The van der Waals surface area contributed by atoms with Crippen LogP contribution < -0.4 is 11.5 Å². The Kier molecular flexibility index (Phi) is 7.35. The van der Waals surface area contributed by atoms with Crippen LogP contribution in [0, 0.1) is 0 Å². The Hall–Kier alpha value is -1.92. The molecule has 0 saturated carbocycles. The number of ether oxygens (including phenoxy) is 2. The number of nitrogens with two attached hydrogens (primary N) is 2. The molecule has 6 nitrogen and oxygen atoms in total. The van der Waals surface area contributed by atoms with Crippen LogP contribution in [0.2, 0.25) is 0 Å². The first-order valence-corrected chi connectivity index (χ1v) is 8.81. The third-order valence-electron chi connectivity index (χ3n) is 3.32. The molecule has 0 aromatic heterocycles. The van der Waals surface area contributed by atoms with Gasteiger partial charge in [-0.3, -0.25) is 9.59 Å². The highest BCUT2D eigenvalue weighted by molar-refractivity contribution is 5.77. The summed E-state index contributed by atoms with van der Waals surface area (Å²) >= 11 is 0. The van der Waals surface area contributed by atoms with Gasteiger partial charge >= 0.3 is 11.9 Å². The molecule has 146 valence electrons. The maximum absolute atomic E-state index is 12.0. The number of hydrogen-bond donors (Lipinski definition) is 2. The molecule has 0 aliphatic rings. The van der Waals surface area contributed by atoms with Gasteiger partial charge < -0.3 is 20.9 Å². The van der Waals surface area contributed by atoms with Gasteiger partial charge in [-0.15, -0.1) is 0 Å². The third-order valence-corrected chi connectivity index (χ3v) is 3.32. The molecule has 1 rings (SSSR count). The molecule has 2 atom stereocenters. The highest BCUT2D eigenvalue weighted by Gasteiger charge is 2.24.